The summed E-state index contributed by atoms with van der Waals surface area (Å²) in [5.41, 5.74) is 7.69. The van der Waals surface area contributed by atoms with Crippen molar-refractivity contribution in [3.05, 3.63) is 52.6 Å². The van der Waals surface area contributed by atoms with Gasteiger partial charge < -0.3 is 15.2 Å². The number of nitrogens with two attached hydrogens (primary N) is 1. The van der Waals surface area contributed by atoms with Gasteiger partial charge in [0.1, 0.15) is 5.82 Å². The molecule has 0 spiro atoms. The highest BCUT2D eigenvalue weighted by atomic mass is 16.1. The summed E-state index contributed by atoms with van der Waals surface area (Å²) in [6, 6.07) is 9.49. The van der Waals surface area contributed by atoms with Gasteiger partial charge in [-0.2, -0.15) is 0 Å². The molecule has 0 unspecified atom stereocenters. The third kappa shape index (κ3) is 2.09. The molecule has 1 fully saturated rings. The summed E-state index contributed by atoms with van der Waals surface area (Å²) in [4.78, 5) is 18.8. The lowest BCUT2D eigenvalue weighted by atomic mass is 9.83. The van der Waals surface area contributed by atoms with E-state index in [2.05, 4.69) is 16.0 Å². The lowest BCUT2D eigenvalue weighted by molar-refractivity contribution is 0.280. The van der Waals surface area contributed by atoms with Gasteiger partial charge in [-0.3, -0.25) is 4.79 Å². The first-order chi connectivity index (χ1) is 10.2. The van der Waals surface area contributed by atoms with Crippen molar-refractivity contribution in [2.75, 3.05) is 23.7 Å². The molecule has 5 heteroatoms. The molecule has 0 aliphatic carbocycles. The second kappa shape index (κ2) is 4.62. The Bertz CT molecular complexity index is 722. The number of fused-ring (bicyclic) bond motifs is 4. The summed E-state index contributed by atoms with van der Waals surface area (Å²) < 4.78 is 1.95. The molecule has 108 valence electrons. The van der Waals surface area contributed by atoms with E-state index in [1.807, 2.05) is 22.8 Å². The Morgan fingerprint density at radius 3 is 2.86 bits per heavy atom. The number of hydrogen-bond donors (Lipinski definition) is 1. The lowest BCUT2D eigenvalue weighted by Gasteiger charge is -2.43. The van der Waals surface area contributed by atoms with Gasteiger partial charge >= 0.3 is 0 Å². The van der Waals surface area contributed by atoms with Gasteiger partial charge in [-0.25, -0.2) is 4.98 Å². The van der Waals surface area contributed by atoms with Crippen LogP contribution in [0.25, 0.3) is 0 Å². The molecule has 2 aliphatic heterocycles. The smallest absolute Gasteiger partial charge is 0.250 e. The minimum atomic E-state index is 0.126. The average molecular weight is 282 g/mol. The monoisotopic (exact) mass is 282 g/mol. The van der Waals surface area contributed by atoms with E-state index < -0.39 is 0 Å². The van der Waals surface area contributed by atoms with Crippen molar-refractivity contribution in [2.24, 2.45) is 5.92 Å². The molecule has 21 heavy (non-hydrogen) atoms. The molecule has 2 aromatic rings. The SMILES string of the molecule is Nc1ccc(N2C[C@@H]3C[C@H](C2)c2cccc(=O)n2C3)nc1. The summed E-state index contributed by atoms with van der Waals surface area (Å²) >= 11 is 0. The first-order valence-corrected chi connectivity index (χ1v) is 7.37. The molecule has 1 saturated heterocycles. The molecule has 0 aromatic carbocycles. The summed E-state index contributed by atoms with van der Waals surface area (Å²) in [6.07, 6.45) is 2.87. The zero-order valence-corrected chi connectivity index (χ0v) is 11.8. The Morgan fingerprint density at radius 1 is 1.14 bits per heavy atom. The van der Waals surface area contributed by atoms with Gasteiger partial charge in [0.15, 0.2) is 0 Å². The first kappa shape index (κ1) is 12.4. The van der Waals surface area contributed by atoms with Gasteiger partial charge in [0.2, 0.25) is 0 Å². The number of aromatic nitrogens is 2. The Balaban J connectivity index is 1.68. The number of nitrogens with zero attached hydrogens (tertiary/aromatic N) is 3. The quantitative estimate of drug-likeness (QED) is 0.860. The molecular formula is C16H18N4O. The molecular weight excluding hydrogens is 264 g/mol. The normalized spacial score (nSPS) is 23.7. The molecule has 2 N–H and O–H groups in total. The predicted molar refractivity (Wildman–Crippen MR) is 82.4 cm³/mol. The summed E-state index contributed by atoms with van der Waals surface area (Å²) in [5.74, 6) is 1.90. The molecule has 4 heterocycles. The molecule has 2 aromatic heterocycles. The Kier molecular flexibility index (Phi) is 2.74. The van der Waals surface area contributed by atoms with Gasteiger partial charge in [0, 0.05) is 37.3 Å². The second-order valence-corrected chi connectivity index (χ2v) is 6.05. The van der Waals surface area contributed by atoms with E-state index in [-0.39, 0.29) is 5.56 Å². The van der Waals surface area contributed by atoms with E-state index >= 15 is 0 Å². The number of pyridine rings is 2. The fourth-order valence-corrected chi connectivity index (χ4v) is 3.67. The zero-order valence-electron chi connectivity index (χ0n) is 11.8. The van der Waals surface area contributed by atoms with Crippen LogP contribution in [0.15, 0.2) is 41.3 Å². The number of nitrogen functional groups attached to an aromatic ring is 1. The third-order valence-corrected chi connectivity index (χ3v) is 4.57. The highest BCUT2D eigenvalue weighted by molar-refractivity contribution is 5.46. The van der Waals surface area contributed by atoms with Gasteiger partial charge in [0.05, 0.1) is 11.9 Å². The maximum atomic E-state index is 12.0. The van der Waals surface area contributed by atoms with E-state index in [0.717, 1.165) is 31.9 Å². The maximum absolute atomic E-state index is 12.0. The number of piperidine rings is 1. The number of rotatable bonds is 1. The third-order valence-electron chi connectivity index (χ3n) is 4.57. The van der Waals surface area contributed by atoms with Crippen molar-refractivity contribution < 1.29 is 0 Å². The van der Waals surface area contributed by atoms with E-state index in [9.17, 15) is 4.79 Å². The van der Waals surface area contributed by atoms with Crippen molar-refractivity contribution >= 4 is 11.5 Å². The minimum Gasteiger partial charge on any atom is -0.397 e. The highest BCUT2D eigenvalue weighted by Gasteiger charge is 2.34. The summed E-state index contributed by atoms with van der Waals surface area (Å²) in [6.45, 7) is 2.68. The van der Waals surface area contributed by atoms with Crippen LogP contribution in [-0.2, 0) is 6.54 Å². The van der Waals surface area contributed by atoms with Crippen molar-refractivity contribution in [1.82, 2.24) is 9.55 Å². The summed E-state index contributed by atoms with van der Waals surface area (Å²) in [7, 11) is 0. The van der Waals surface area contributed by atoms with E-state index in [4.69, 9.17) is 5.73 Å². The van der Waals surface area contributed by atoms with Crippen LogP contribution in [0.3, 0.4) is 0 Å². The lowest BCUT2D eigenvalue weighted by Crippen LogP contribution is -2.47. The van der Waals surface area contributed by atoms with Crippen LogP contribution >= 0.6 is 0 Å². The van der Waals surface area contributed by atoms with Gasteiger partial charge in [0.25, 0.3) is 5.56 Å². The molecule has 2 aliphatic rings. The van der Waals surface area contributed by atoms with Crippen LogP contribution in [0.2, 0.25) is 0 Å². The predicted octanol–water partition coefficient (Wildman–Crippen LogP) is 1.45. The molecule has 0 radical (unpaired) electrons. The van der Waals surface area contributed by atoms with Crippen molar-refractivity contribution in [1.29, 1.82) is 0 Å². The second-order valence-electron chi connectivity index (χ2n) is 6.05. The largest absolute Gasteiger partial charge is 0.397 e. The van der Waals surface area contributed by atoms with Crippen molar-refractivity contribution in [3.63, 3.8) is 0 Å². The fraction of sp³-hybridized carbons (Fsp3) is 0.375. The molecule has 0 amide bonds. The van der Waals surface area contributed by atoms with Crippen LogP contribution in [0, 0.1) is 5.92 Å². The maximum Gasteiger partial charge on any atom is 0.250 e. The number of hydrogen-bond acceptors (Lipinski definition) is 4. The topological polar surface area (TPSA) is 64.2 Å². The van der Waals surface area contributed by atoms with Crippen LogP contribution in [0.1, 0.15) is 18.0 Å². The zero-order chi connectivity index (χ0) is 14.4. The van der Waals surface area contributed by atoms with Crippen LogP contribution in [-0.4, -0.2) is 22.6 Å². The summed E-state index contributed by atoms with van der Waals surface area (Å²) in [5, 5.41) is 0. The Labute approximate surface area is 123 Å². The molecule has 2 atom stereocenters. The molecule has 5 nitrogen and oxygen atoms in total. The Morgan fingerprint density at radius 2 is 2.05 bits per heavy atom. The Hall–Kier alpha value is -2.30. The van der Waals surface area contributed by atoms with Crippen molar-refractivity contribution in [3.8, 4) is 0 Å². The average Bonchev–Trinajstić information content (AvgIpc) is 2.49. The standard InChI is InChI=1S/C16H18N4O/c17-13-4-5-15(18-7-13)19-8-11-6-12(10-19)14-2-1-3-16(21)20(14)9-11/h1-5,7,11-12H,6,8-10,17H2/t11-,12+/m0/s1. The van der Waals surface area contributed by atoms with Crippen molar-refractivity contribution in [2.45, 2.75) is 18.9 Å². The van der Waals surface area contributed by atoms with E-state index in [1.54, 1.807) is 12.3 Å². The fourth-order valence-electron chi connectivity index (χ4n) is 3.67. The number of anilines is 2. The van der Waals surface area contributed by atoms with Crippen LogP contribution in [0.5, 0.6) is 0 Å². The highest BCUT2D eigenvalue weighted by Crippen LogP contribution is 2.36. The molecule has 2 bridgehead atoms. The van der Waals surface area contributed by atoms with E-state index in [0.29, 0.717) is 17.5 Å². The molecule has 4 rings (SSSR count). The molecule has 0 saturated carbocycles. The van der Waals surface area contributed by atoms with Gasteiger partial charge in [-0.05, 0) is 30.5 Å². The van der Waals surface area contributed by atoms with Crippen LogP contribution in [0.4, 0.5) is 11.5 Å². The van der Waals surface area contributed by atoms with E-state index in [1.165, 1.54) is 5.69 Å². The first-order valence-electron chi connectivity index (χ1n) is 7.37. The van der Waals surface area contributed by atoms with Gasteiger partial charge in [-0.1, -0.05) is 6.07 Å². The van der Waals surface area contributed by atoms with Gasteiger partial charge in [-0.15, -0.1) is 0 Å². The van der Waals surface area contributed by atoms with Crippen LogP contribution < -0.4 is 16.2 Å². The minimum absolute atomic E-state index is 0.126.